The second-order valence-corrected chi connectivity index (χ2v) is 6.55. The summed E-state index contributed by atoms with van der Waals surface area (Å²) in [4.78, 5) is 6.84. The molecule has 1 unspecified atom stereocenters. The van der Waals surface area contributed by atoms with Crippen molar-refractivity contribution in [2.45, 2.75) is 51.7 Å². The Hall–Kier alpha value is -0.450. The number of hydrogen-bond acceptors (Lipinski definition) is 3. The maximum Gasteiger partial charge on any atom is 0.0410 e. The highest BCUT2D eigenvalue weighted by atomic mass is 79.9. The number of rotatable bonds is 4. The van der Waals surface area contributed by atoms with Crippen LogP contribution in [0.25, 0.3) is 0 Å². The lowest BCUT2D eigenvalue weighted by Gasteiger charge is -2.46. The van der Waals surface area contributed by atoms with Gasteiger partial charge in [-0.05, 0) is 47.3 Å². The Labute approximate surface area is 124 Å². The minimum atomic E-state index is 0.284. The maximum atomic E-state index is 4.26. The van der Waals surface area contributed by atoms with Crippen LogP contribution in [0.5, 0.6) is 0 Å². The van der Waals surface area contributed by atoms with Crippen molar-refractivity contribution in [1.29, 1.82) is 0 Å². The van der Waals surface area contributed by atoms with Crippen LogP contribution >= 0.6 is 15.9 Å². The molecule has 1 aliphatic heterocycles. The van der Waals surface area contributed by atoms with Crippen LogP contribution in [0, 0.1) is 0 Å². The summed E-state index contributed by atoms with van der Waals surface area (Å²) in [6.45, 7) is 10.0. The van der Waals surface area contributed by atoms with Crippen LogP contribution in [0.3, 0.4) is 0 Å². The SMILES string of the molecule is CCC1(CC)CN(Cc2cncc(Br)c2)C(C)CN1. The van der Waals surface area contributed by atoms with E-state index in [9.17, 15) is 0 Å². The van der Waals surface area contributed by atoms with Gasteiger partial charge in [0.15, 0.2) is 0 Å². The summed E-state index contributed by atoms with van der Waals surface area (Å²) in [6.07, 6.45) is 6.18. The first-order valence-corrected chi connectivity index (χ1v) is 7.96. The van der Waals surface area contributed by atoms with E-state index in [0.717, 1.165) is 24.1 Å². The molecule has 0 saturated carbocycles. The van der Waals surface area contributed by atoms with Crippen molar-refractivity contribution in [2.75, 3.05) is 13.1 Å². The molecule has 1 aliphatic rings. The van der Waals surface area contributed by atoms with Crippen molar-refractivity contribution in [2.24, 2.45) is 0 Å². The molecule has 1 atom stereocenters. The molecular weight excluding hydrogens is 302 g/mol. The second kappa shape index (κ2) is 6.33. The average Bonchev–Trinajstić information content (AvgIpc) is 2.42. The molecule has 1 aromatic heterocycles. The molecule has 2 heterocycles. The van der Waals surface area contributed by atoms with Crippen LogP contribution in [-0.4, -0.2) is 34.6 Å². The van der Waals surface area contributed by atoms with Crippen molar-refractivity contribution in [3.05, 3.63) is 28.5 Å². The summed E-state index contributed by atoms with van der Waals surface area (Å²) >= 11 is 3.50. The van der Waals surface area contributed by atoms with E-state index in [1.807, 2.05) is 12.4 Å². The Bertz CT molecular complexity index is 418. The zero-order valence-corrected chi connectivity index (χ0v) is 13.7. The third kappa shape index (κ3) is 3.56. The molecule has 1 N–H and O–H groups in total. The molecule has 0 radical (unpaired) electrons. The highest BCUT2D eigenvalue weighted by Gasteiger charge is 2.34. The minimum Gasteiger partial charge on any atom is -0.308 e. The second-order valence-electron chi connectivity index (χ2n) is 5.63. The minimum absolute atomic E-state index is 0.284. The summed E-state index contributed by atoms with van der Waals surface area (Å²) in [5.74, 6) is 0. The number of hydrogen-bond donors (Lipinski definition) is 1. The van der Waals surface area contributed by atoms with Gasteiger partial charge in [-0.3, -0.25) is 9.88 Å². The Morgan fingerprint density at radius 1 is 1.42 bits per heavy atom. The number of halogens is 1. The first-order valence-electron chi connectivity index (χ1n) is 7.17. The highest BCUT2D eigenvalue weighted by molar-refractivity contribution is 9.10. The van der Waals surface area contributed by atoms with Gasteiger partial charge in [0.2, 0.25) is 0 Å². The molecule has 0 amide bonds. The fraction of sp³-hybridized carbons (Fsp3) is 0.667. The van der Waals surface area contributed by atoms with Gasteiger partial charge < -0.3 is 5.32 Å². The molecule has 2 rings (SSSR count). The normalized spacial score (nSPS) is 23.5. The predicted octanol–water partition coefficient (Wildman–Crippen LogP) is 3.20. The molecule has 106 valence electrons. The lowest BCUT2D eigenvalue weighted by molar-refractivity contribution is 0.0745. The smallest absolute Gasteiger partial charge is 0.0410 e. The van der Waals surface area contributed by atoms with Gasteiger partial charge in [-0.2, -0.15) is 0 Å². The largest absolute Gasteiger partial charge is 0.308 e. The van der Waals surface area contributed by atoms with Crippen LogP contribution in [-0.2, 0) is 6.54 Å². The number of pyridine rings is 1. The first-order chi connectivity index (χ1) is 9.08. The fourth-order valence-electron chi connectivity index (χ4n) is 2.81. The van der Waals surface area contributed by atoms with Gasteiger partial charge in [-0.25, -0.2) is 0 Å². The zero-order valence-electron chi connectivity index (χ0n) is 12.1. The molecule has 1 fully saturated rings. The zero-order chi connectivity index (χ0) is 13.9. The molecule has 19 heavy (non-hydrogen) atoms. The molecule has 3 nitrogen and oxygen atoms in total. The summed E-state index contributed by atoms with van der Waals surface area (Å²) in [6, 6.07) is 2.74. The van der Waals surface area contributed by atoms with Crippen molar-refractivity contribution >= 4 is 15.9 Å². The summed E-state index contributed by atoms with van der Waals surface area (Å²) in [7, 11) is 0. The third-order valence-electron chi connectivity index (χ3n) is 4.40. The van der Waals surface area contributed by atoms with Crippen molar-refractivity contribution in [3.63, 3.8) is 0 Å². The van der Waals surface area contributed by atoms with Crippen LogP contribution < -0.4 is 5.32 Å². The predicted molar refractivity (Wildman–Crippen MR) is 83.1 cm³/mol. The number of nitrogens with one attached hydrogen (secondary N) is 1. The molecule has 0 aliphatic carbocycles. The van der Waals surface area contributed by atoms with E-state index < -0.39 is 0 Å². The average molecular weight is 326 g/mol. The Morgan fingerprint density at radius 3 is 2.79 bits per heavy atom. The summed E-state index contributed by atoms with van der Waals surface area (Å²) in [5.41, 5.74) is 1.57. The van der Waals surface area contributed by atoms with E-state index in [1.54, 1.807) is 0 Å². The lowest BCUT2D eigenvalue weighted by Crippen LogP contribution is -2.62. The highest BCUT2D eigenvalue weighted by Crippen LogP contribution is 2.24. The van der Waals surface area contributed by atoms with Gasteiger partial charge in [-0.1, -0.05) is 13.8 Å². The molecular formula is C15H24BrN3. The number of nitrogens with zero attached hydrogens (tertiary/aromatic N) is 2. The monoisotopic (exact) mass is 325 g/mol. The standard InChI is InChI=1S/C15H24BrN3/c1-4-15(5-2)11-19(12(3)7-18-15)10-13-6-14(16)9-17-8-13/h6,8-9,12,18H,4-5,7,10-11H2,1-3H3. The van der Waals surface area contributed by atoms with E-state index in [4.69, 9.17) is 0 Å². The summed E-state index contributed by atoms with van der Waals surface area (Å²) < 4.78 is 1.06. The van der Waals surface area contributed by atoms with E-state index in [2.05, 4.69) is 58.0 Å². The van der Waals surface area contributed by atoms with Crippen LogP contribution in [0.1, 0.15) is 39.2 Å². The molecule has 1 saturated heterocycles. The van der Waals surface area contributed by atoms with Gasteiger partial charge in [0.05, 0.1) is 0 Å². The topological polar surface area (TPSA) is 28.2 Å². The van der Waals surface area contributed by atoms with E-state index >= 15 is 0 Å². The molecule has 1 aromatic rings. The Morgan fingerprint density at radius 2 is 2.16 bits per heavy atom. The number of aromatic nitrogens is 1. The third-order valence-corrected chi connectivity index (χ3v) is 4.84. The molecule has 4 heteroatoms. The Kier molecular flexibility index (Phi) is 4.98. The lowest BCUT2D eigenvalue weighted by atomic mass is 9.88. The van der Waals surface area contributed by atoms with Gasteiger partial charge in [0, 0.05) is 48.1 Å². The van der Waals surface area contributed by atoms with E-state index in [-0.39, 0.29) is 5.54 Å². The number of piperazine rings is 1. The summed E-state index contributed by atoms with van der Waals surface area (Å²) in [5, 5.41) is 3.74. The van der Waals surface area contributed by atoms with Crippen molar-refractivity contribution in [3.8, 4) is 0 Å². The molecule has 0 bridgehead atoms. The van der Waals surface area contributed by atoms with Gasteiger partial charge >= 0.3 is 0 Å². The molecule has 0 spiro atoms. The van der Waals surface area contributed by atoms with E-state index in [0.29, 0.717) is 6.04 Å². The van der Waals surface area contributed by atoms with Crippen LogP contribution in [0.15, 0.2) is 22.9 Å². The van der Waals surface area contributed by atoms with Crippen LogP contribution in [0.2, 0.25) is 0 Å². The van der Waals surface area contributed by atoms with Gasteiger partial charge in [-0.15, -0.1) is 0 Å². The quantitative estimate of drug-likeness (QED) is 0.921. The van der Waals surface area contributed by atoms with Crippen LogP contribution in [0.4, 0.5) is 0 Å². The molecule has 0 aromatic carbocycles. The first kappa shape index (κ1) is 14.9. The van der Waals surface area contributed by atoms with E-state index in [1.165, 1.54) is 18.4 Å². The van der Waals surface area contributed by atoms with Crippen molar-refractivity contribution < 1.29 is 0 Å². The van der Waals surface area contributed by atoms with Gasteiger partial charge in [0.1, 0.15) is 0 Å². The van der Waals surface area contributed by atoms with Gasteiger partial charge in [0.25, 0.3) is 0 Å². The Balaban J connectivity index is 2.09. The van der Waals surface area contributed by atoms with Crippen molar-refractivity contribution in [1.82, 2.24) is 15.2 Å². The maximum absolute atomic E-state index is 4.26. The fourth-order valence-corrected chi connectivity index (χ4v) is 3.22.